The second-order valence-electron chi connectivity index (χ2n) is 9.31. The highest BCUT2D eigenvalue weighted by Gasteiger charge is 2.31. The number of amides is 3. The molecule has 8 nitrogen and oxygen atoms in total. The minimum Gasteiger partial charge on any atom is -0.496 e. The third-order valence-corrected chi connectivity index (χ3v) is 6.37. The molecule has 1 aliphatic heterocycles. The van der Waals surface area contributed by atoms with Gasteiger partial charge < -0.3 is 20.3 Å². The Labute approximate surface area is 207 Å². The summed E-state index contributed by atoms with van der Waals surface area (Å²) in [5, 5.41) is 5.92. The van der Waals surface area contributed by atoms with Gasteiger partial charge in [0.1, 0.15) is 11.8 Å². The number of para-hydroxylation sites is 2. The zero-order chi connectivity index (χ0) is 25.5. The minimum absolute atomic E-state index is 0.0636. The third-order valence-electron chi connectivity index (χ3n) is 6.37. The SMILES string of the molecule is COc1ccccc1C(=O)N[C@H](C(=O)N1CCN(CC(=O)Nc2c(C)cccc2C)CC1)C(C)C. The summed E-state index contributed by atoms with van der Waals surface area (Å²) in [4.78, 5) is 42.6. The van der Waals surface area contributed by atoms with E-state index in [1.165, 1.54) is 7.11 Å². The number of benzene rings is 2. The summed E-state index contributed by atoms with van der Waals surface area (Å²) in [5.41, 5.74) is 3.32. The molecule has 1 saturated heterocycles. The first kappa shape index (κ1) is 26.2. The molecule has 35 heavy (non-hydrogen) atoms. The molecule has 1 heterocycles. The largest absolute Gasteiger partial charge is 0.496 e. The van der Waals surface area contributed by atoms with Crippen molar-refractivity contribution >= 4 is 23.4 Å². The number of nitrogens with one attached hydrogen (secondary N) is 2. The first-order valence-electron chi connectivity index (χ1n) is 12.0. The van der Waals surface area contributed by atoms with Gasteiger partial charge in [0, 0.05) is 31.9 Å². The summed E-state index contributed by atoms with van der Waals surface area (Å²) >= 11 is 0. The van der Waals surface area contributed by atoms with Crippen molar-refractivity contribution < 1.29 is 19.1 Å². The molecule has 3 amide bonds. The molecule has 3 rings (SSSR count). The van der Waals surface area contributed by atoms with Gasteiger partial charge in [0.25, 0.3) is 5.91 Å². The lowest BCUT2D eigenvalue weighted by Gasteiger charge is -2.37. The predicted molar refractivity (Wildman–Crippen MR) is 137 cm³/mol. The van der Waals surface area contributed by atoms with Crippen molar-refractivity contribution in [1.29, 1.82) is 0 Å². The van der Waals surface area contributed by atoms with Crippen LogP contribution >= 0.6 is 0 Å². The first-order valence-corrected chi connectivity index (χ1v) is 12.0. The Bertz CT molecular complexity index is 1040. The number of aryl methyl sites for hydroxylation is 2. The molecule has 2 N–H and O–H groups in total. The van der Waals surface area contributed by atoms with E-state index in [2.05, 4.69) is 10.6 Å². The van der Waals surface area contributed by atoms with Crippen LogP contribution in [0.1, 0.15) is 35.3 Å². The average Bonchev–Trinajstić information content (AvgIpc) is 2.84. The van der Waals surface area contributed by atoms with Crippen LogP contribution in [0.5, 0.6) is 5.75 Å². The normalized spacial score (nSPS) is 15.0. The number of carbonyl (C=O) groups is 3. The van der Waals surface area contributed by atoms with Crippen molar-refractivity contribution in [3.8, 4) is 5.75 Å². The molecular formula is C27H36N4O4. The van der Waals surface area contributed by atoms with Gasteiger partial charge in [-0.2, -0.15) is 0 Å². The van der Waals surface area contributed by atoms with Crippen LogP contribution in [0.15, 0.2) is 42.5 Å². The van der Waals surface area contributed by atoms with E-state index >= 15 is 0 Å². The van der Waals surface area contributed by atoms with Crippen LogP contribution in [0.3, 0.4) is 0 Å². The Morgan fingerprint density at radius 3 is 2.17 bits per heavy atom. The van der Waals surface area contributed by atoms with Crippen molar-refractivity contribution in [2.24, 2.45) is 5.92 Å². The maximum atomic E-state index is 13.3. The van der Waals surface area contributed by atoms with Crippen LogP contribution < -0.4 is 15.4 Å². The fourth-order valence-corrected chi connectivity index (χ4v) is 4.28. The highest BCUT2D eigenvalue weighted by atomic mass is 16.5. The lowest BCUT2D eigenvalue weighted by Crippen LogP contribution is -2.57. The van der Waals surface area contributed by atoms with Gasteiger partial charge in [0.2, 0.25) is 11.8 Å². The van der Waals surface area contributed by atoms with E-state index in [1.54, 1.807) is 29.2 Å². The van der Waals surface area contributed by atoms with Crippen molar-refractivity contribution in [2.45, 2.75) is 33.7 Å². The smallest absolute Gasteiger partial charge is 0.255 e. The number of rotatable bonds is 8. The Kier molecular flexibility index (Phi) is 8.87. The highest BCUT2D eigenvalue weighted by Crippen LogP contribution is 2.20. The number of carbonyl (C=O) groups excluding carboxylic acids is 3. The molecule has 188 valence electrons. The maximum Gasteiger partial charge on any atom is 0.255 e. The summed E-state index contributed by atoms with van der Waals surface area (Å²) in [6.07, 6.45) is 0. The van der Waals surface area contributed by atoms with E-state index in [-0.39, 0.29) is 30.2 Å². The lowest BCUT2D eigenvalue weighted by atomic mass is 10.0. The van der Waals surface area contributed by atoms with Gasteiger partial charge in [-0.25, -0.2) is 0 Å². The molecule has 1 fully saturated rings. The molecule has 0 bridgehead atoms. The van der Waals surface area contributed by atoms with Crippen LogP contribution in [0.25, 0.3) is 0 Å². The Hall–Kier alpha value is -3.39. The second-order valence-corrected chi connectivity index (χ2v) is 9.31. The number of hydrogen-bond donors (Lipinski definition) is 2. The van der Waals surface area contributed by atoms with Crippen LogP contribution in [0.2, 0.25) is 0 Å². The molecule has 8 heteroatoms. The molecule has 1 aliphatic rings. The number of hydrogen-bond acceptors (Lipinski definition) is 5. The first-order chi connectivity index (χ1) is 16.7. The second kappa shape index (κ2) is 11.8. The molecule has 0 aromatic heterocycles. The molecule has 2 aromatic carbocycles. The van der Waals surface area contributed by atoms with Gasteiger partial charge >= 0.3 is 0 Å². The van der Waals surface area contributed by atoms with Crippen LogP contribution in [-0.2, 0) is 9.59 Å². The standard InChI is InChI=1S/C27H36N4O4/c1-18(2)24(29-26(33)21-11-6-7-12-22(21)35-5)27(34)31-15-13-30(14-16-31)17-23(32)28-25-19(3)9-8-10-20(25)4/h6-12,18,24H,13-17H2,1-5H3,(H,28,32)(H,29,33)/t24-/m0/s1. The third kappa shape index (κ3) is 6.60. The van der Waals surface area contributed by atoms with Gasteiger partial charge in [-0.15, -0.1) is 0 Å². The van der Waals surface area contributed by atoms with E-state index in [0.717, 1.165) is 16.8 Å². The van der Waals surface area contributed by atoms with Gasteiger partial charge in [0.05, 0.1) is 19.2 Å². The summed E-state index contributed by atoms with van der Waals surface area (Å²) in [7, 11) is 1.51. The van der Waals surface area contributed by atoms with Gasteiger partial charge in [-0.05, 0) is 43.0 Å². The molecule has 1 atom stereocenters. The van der Waals surface area contributed by atoms with E-state index in [9.17, 15) is 14.4 Å². The summed E-state index contributed by atoms with van der Waals surface area (Å²) in [5.74, 6) is -0.124. The average molecular weight is 481 g/mol. The van der Waals surface area contributed by atoms with Gasteiger partial charge in [-0.1, -0.05) is 44.2 Å². The number of nitrogens with zero attached hydrogens (tertiary/aromatic N) is 2. The summed E-state index contributed by atoms with van der Waals surface area (Å²) in [6.45, 7) is 10.3. The highest BCUT2D eigenvalue weighted by molar-refractivity contribution is 5.99. The number of piperazine rings is 1. The van der Waals surface area contributed by atoms with Crippen molar-refractivity contribution in [2.75, 3.05) is 45.2 Å². The zero-order valence-corrected chi connectivity index (χ0v) is 21.3. The molecule has 0 unspecified atom stereocenters. The maximum absolute atomic E-state index is 13.3. The van der Waals surface area contributed by atoms with Crippen LogP contribution in [-0.4, -0.2) is 73.4 Å². The fraction of sp³-hybridized carbons (Fsp3) is 0.444. The molecule has 0 spiro atoms. The quantitative estimate of drug-likeness (QED) is 0.606. The van der Waals surface area contributed by atoms with Crippen LogP contribution in [0, 0.1) is 19.8 Å². The molecule has 0 radical (unpaired) electrons. The van der Waals surface area contributed by atoms with E-state index < -0.39 is 6.04 Å². The van der Waals surface area contributed by atoms with E-state index in [1.807, 2.05) is 50.8 Å². The predicted octanol–water partition coefficient (Wildman–Crippen LogP) is 2.85. The van der Waals surface area contributed by atoms with E-state index in [4.69, 9.17) is 4.74 Å². The van der Waals surface area contributed by atoms with E-state index in [0.29, 0.717) is 37.5 Å². The topological polar surface area (TPSA) is 91.0 Å². The van der Waals surface area contributed by atoms with Crippen molar-refractivity contribution in [3.63, 3.8) is 0 Å². The minimum atomic E-state index is -0.647. The van der Waals surface area contributed by atoms with Crippen molar-refractivity contribution in [3.05, 3.63) is 59.2 Å². The summed E-state index contributed by atoms with van der Waals surface area (Å²) < 4.78 is 5.28. The number of methoxy groups -OCH3 is 1. The summed E-state index contributed by atoms with van der Waals surface area (Å²) in [6, 6.07) is 12.2. The van der Waals surface area contributed by atoms with Crippen molar-refractivity contribution in [1.82, 2.24) is 15.1 Å². The molecule has 2 aromatic rings. The van der Waals surface area contributed by atoms with Gasteiger partial charge in [-0.3, -0.25) is 19.3 Å². The van der Waals surface area contributed by atoms with Crippen LogP contribution in [0.4, 0.5) is 5.69 Å². The number of anilines is 1. The van der Waals surface area contributed by atoms with Gasteiger partial charge in [0.15, 0.2) is 0 Å². The Morgan fingerprint density at radius 2 is 1.57 bits per heavy atom. The monoisotopic (exact) mass is 480 g/mol. The number of ether oxygens (including phenoxy) is 1. The Balaban J connectivity index is 1.55. The molecule has 0 aliphatic carbocycles. The lowest BCUT2D eigenvalue weighted by molar-refractivity contribution is -0.136. The Morgan fingerprint density at radius 1 is 0.943 bits per heavy atom. The fourth-order valence-electron chi connectivity index (χ4n) is 4.28. The molecule has 0 saturated carbocycles. The zero-order valence-electron chi connectivity index (χ0n) is 21.3. The molecular weight excluding hydrogens is 444 g/mol.